The largest absolute Gasteiger partial charge is 0.481 e. The summed E-state index contributed by atoms with van der Waals surface area (Å²) in [6.45, 7) is 6.48. The fraction of sp³-hybridized carbons (Fsp3) is 0.538. The first-order valence-electron chi connectivity index (χ1n) is 5.88. The Morgan fingerprint density at radius 3 is 2.76 bits per heavy atom. The monoisotopic (exact) mass is 236 g/mol. The van der Waals surface area contributed by atoms with Crippen molar-refractivity contribution in [3.05, 3.63) is 24.0 Å². The van der Waals surface area contributed by atoms with E-state index in [2.05, 4.69) is 10.3 Å². The van der Waals surface area contributed by atoms with Crippen LogP contribution in [0.4, 0.5) is 5.69 Å². The number of hydrogen-bond donors (Lipinski definition) is 2. The number of anilines is 1. The second-order valence-electron chi connectivity index (χ2n) is 4.74. The summed E-state index contributed by atoms with van der Waals surface area (Å²) in [5.41, 5.74) is 1.98. The van der Waals surface area contributed by atoms with Crippen LogP contribution in [-0.2, 0) is 4.79 Å². The fourth-order valence-electron chi connectivity index (χ4n) is 1.75. The second kappa shape index (κ2) is 6.23. The molecule has 0 radical (unpaired) electrons. The lowest BCUT2D eigenvalue weighted by atomic mass is 9.97. The summed E-state index contributed by atoms with van der Waals surface area (Å²) in [6.07, 6.45) is 4.15. The fourth-order valence-corrected chi connectivity index (χ4v) is 1.75. The number of rotatable bonds is 6. The topological polar surface area (TPSA) is 62.2 Å². The third-order valence-corrected chi connectivity index (χ3v) is 2.66. The third-order valence-electron chi connectivity index (χ3n) is 2.66. The summed E-state index contributed by atoms with van der Waals surface area (Å²) in [5, 5.41) is 12.3. The zero-order valence-electron chi connectivity index (χ0n) is 10.6. The van der Waals surface area contributed by atoms with Crippen LogP contribution in [0.2, 0.25) is 0 Å². The van der Waals surface area contributed by atoms with Crippen LogP contribution in [0.1, 0.15) is 25.8 Å². The van der Waals surface area contributed by atoms with Gasteiger partial charge in [0.05, 0.1) is 5.92 Å². The molecular formula is C13H20N2O2. The molecular weight excluding hydrogens is 216 g/mol. The molecule has 0 bridgehead atoms. The van der Waals surface area contributed by atoms with Gasteiger partial charge in [-0.2, -0.15) is 0 Å². The Bertz CT molecular complexity index is 377. The van der Waals surface area contributed by atoms with Crippen LogP contribution < -0.4 is 5.32 Å². The average Bonchev–Trinajstić information content (AvgIpc) is 2.25. The molecule has 1 aromatic heterocycles. The van der Waals surface area contributed by atoms with Gasteiger partial charge in [0.15, 0.2) is 0 Å². The Balaban J connectivity index is 2.58. The summed E-state index contributed by atoms with van der Waals surface area (Å²) >= 11 is 0. The van der Waals surface area contributed by atoms with Crippen LogP contribution >= 0.6 is 0 Å². The highest BCUT2D eigenvalue weighted by Gasteiger charge is 2.18. The minimum Gasteiger partial charge on any atom is -0.481 e. The van der Waals surface area contributed by atoms with Gasteiger partial charge in [0.1, 0.15) is 0 Å². The van der Waals surface area contributed by atoms with Crippen molar-refractivity contribution in [2.24, 2.45) is 11.8 Å². The first-order chi connectivity index (χ1) is 8.00. The number of aromatic nitrogens is 1. The summed E-state index contributed by atoms with van der Waals surface area (Å²) in [4.78, 5) is 15.1. The van der Waals surface area contributed by atoms with Crippen molar-refractivity contribution in [2.75, 3.05) is 11.9 Å². The van der Waals surface area contributed by atoms with Gasteiger partial charge in [-0.05, 0) is 30.9 Å². The SMILES string of the molecule is Cc1cnccc1NCC(CC(C)C)C(=O)O. The predicted molar refractivity (Wildman–Crippen MR) is 68.0 cm³/mol. The molecule has 1 aromatic rings. The highest BCUT2D eigenvalue weighted by molar-refractivity contribution is 5.71. The molecule has 4 nitrogen and oxygen atoms in total. The van der Waals surface area contributed by atoms with Crippen LogP contribution in [0.25, 0.3) is 0 Å². The van der Waals surface area contributed by atoms with Crippen molar-refractivity contribution in [3.8, 4) is 0 Å². The number of pyridine rings is 1. The molecule has 0 aliphatic heterocycles. The summed E-state index contributed by atoms with van der Waals surface area (Å²) in [7, 11) is 0. The van der Waals surface area contributed by atoms with E-state index >= 15 is 0 Å². The average molecular weight is 236 g/mol. The van der Waals surface area contributed by atoms with E-state index in [9.17, 15) is 4.79 Å². The van der Waals surface area contributed by atoms with Crippen molar-refractivity contribution in [3.63, 3.8) is 0 Å². The molecule has 1 heterocycles. The quantitative estimate of drug-likeness (QED) is 0.796. The molecule has 0 saturated carbocycles. The zero-order valence-corrected chi connectivity index (χ0v) is 10.6. The number of carboxylic acids is 1. The molecule has 94 valence electrons. The van der Waals surface area contributed by atoms with E-state index in [1.807, 2.05) is 26.8 Å². The van der Waals surface area contributed by atoms with E-state index < -0.39 is 5.97 Å². The summed E-state index contributed by atoms with van der Waals surface area (Å²) < 4.78 is 0. The number of hydrogen-bond acceptors (Lipinski definition) is 3. The first-order valence-corrected chi connectivity index (χ1v) is 5.88. The molecule has 1 atom stereocenters. The molecule has 0 amide bonds. The Kier molecular flexibility index (Phi) is 4.94. The molecule has 0 aliphatic carbocycles. The maximum absolute atomic E-state index is 11.1. The molecule has 17 heavy (non-hydrogen) atoms. The highest BCUT2D eigenvalue weighted by Crippen LogP contribution is 2.16. The lowest BCUT2D eigenvalue weighted by Crippen LogP contribution is -2.24. The van der Waals surface area contributed by atoms with Crippen molar-refractivity contribution in [1.82, 2.24) is 4.98 Å². The molecule has 2 N–H and O–H groups in total. The number of aliphatic carboxylic acids is 1. The minimum absolute atomic E-state index is 0.345. The van der Waals surface area contributed by atoms with Crippen molar-refractivity contribution in [2.45, 2.75) is 27.2 Å². The number of aryl methyl sites for hydroxylation is 1. The zero-order chi connectivity index (χ0) is 12.8. The van der Waals surface area contributed by atoms with E-state index in [4.69, 9.17) is 5.11 Å². The van der Waals surface area contributed by atoms with Crippen LogP contribution in [-0.4, -0.2) is 22.6 Å². The molecule has 4 heteroatoms. The van der Waals surface area contributed by atoms with Gasteiger partial charge in [0.25, 0.3) is 0 Å². The molecule has 0 fully saturated rings. The lowest BCUT2D eigenvalue weighted by Gasteiger charge is -2.16. The van der Waals surface area contributed by atoms with Gasteiger partial charge in [0.2, 0.25) is 0 Å². The third kappa shape index (κ3) is 4.43. The standard InChI is InChI=1S/C13H20N2O2/c1-9(2)6-11(13(16)17)8-15-12-4-5-14-7-10(12)3/h4-5,7,9,11H,6,8H2,1-3H3,(H,14,15)(H,16,17). The van der Waals surface area contributed by atoms with Crippen molar-refractivity contribution in [1.29, 1.82) is 0 Å². The molecule has 1 rings (SSSR count). The summed E-state index contributed by atoms with van der Waals surface area (Å²) in [6, 6.07) is 1.86. The maximum atomic E-state index is 11.1. The maximum Gasteiger partial charge on any atom is 0.308 e. The van der Waals surface area contributed by atoms with Gasteiger partial charge in [-0.25, -0.2) is 0 Å². The Hall–Kier alpha value is -1.58. The molecule has 0 spiro atoms. The molecule has 0 saturated heterocycles. The van der Waals surface area contributed by atoms with Crippen LogP contribution in [0, 0.1) is 18.8 Å². The Labute approximate surface area is 102 Å². The Morgan fingerprint density at radius 2 is 2.24 bits per heavy atom. The van der Waals surface area contributed by atoms with Crippen LogP contribution in [0.3, 0.4) is 0 Å². The van der Waals surface area contributed by atoms with Gasteiger partial charge >= 0.3 is 5.97 Å². The van der Waals surface area contributed by atoms with E-state index in [0.717, 1.165) is 11.3 Å². The number of nitrogens with one attached hydrogen (secondary N) is 1. The number of carboxylic acid groups (broad SMARTS) is 1. The molecule has 0 aromatic carbocycles. The van der Waals surface area contributed by atoms with Gasteiger partial charge in [-0.15, -0.1) is 0 Å². The lowest BCUT2D eigenvalue weighted by molar-refractivity contribution is -0.141. The Morgan fingerprint density at radius 1 is 1.53 bits per heavy atom. The van der Waals surface area contributed by atoms with Crippen molar-refractivity contribution >= 4 is 11.7 Å². The second-order valence-corrected chi connectivity index (χ2v) is 4.74. The number of carbonyl (C=O) groups is 1. The van der Waals surface area contributed by atoms with E-state index in [0.29, 0.717) is 18.9 Å². The predicted octanol–water partition coefficient (Wildman–Crippen LogP) is 2.55. The van der Waals surface area contributed by atoms with Gasteiger partial charge in [-0.3, -0.25) is 9.78 Å². The molecule has 1 unspecified atom stereocenters. The number of nitrogens with zero attached hydrogens (tertiary/aromatic N) is 1. The van der Waals surface area contributed by atoms with Crippen LogP contribution in [0.15, 0.2) is 18.5 Å². The normalized spacial score (nSPS) is 12.5. The smallest absolute Gasteiger partial charge is 0.308 e. The van der Waals surface area contributed by atoms with Crippen LogP contribution in [0.5, 0.6) is 0 Å². The highest BCUT2D eigenvalue weighted by atomic mass is 16.4. The van der Waals surface area contributed by atoms with E-state index in [1.54, 1.807) is 12.4 Å². The molecule has 0 aliphatic rings. The van der Waals surface area contributed by atoms with Gasteiger partial charge < -0.3 is 10.4 Å². The van der Waals surface area contributed by atoms with Gasteiger partial charge in [-0.1, -0.05) is 13.8 Å². The van der Waals surface area contributed by atoms with E-state index in [-0.39, 0.29) is 5.92 Å². The first kappa shape index (κ1) is 13.5. The summed E-state index contributed by atoms with van der Waals surface area (Å²) in [5.74, 6) is -0.697. The van der Waals surface area contributed by atoms with E-state index in [1.165, 1.54) is 0 Å². The van der Waals surface area contributed by atoms with Gasteiger partial charge in [0, 0.05) is 24.6 Å². The minimum atomic E-state index is -0.738. The van der Waals surface area contributed by atoms with Crippen molar-refractivity contribution < 1.29 is 9.90 Å².